The van der Waals surface area contributed by atoms with Crippen molar-refractivity contribution < 1.29 is 9.59 Å². The van der Waals surface area contributed by atoms with Crippen molar-refractivity contribution >= 4 is 11.8 Å². The van der Waals surface area contributed by atoms with Crippen LogP contribution in [-0.4, -0.2) is 35.9 Å². The van der Waals surface area contributed by atoms with Crippen LogP contribution in [-0.2, 0) is 9.59 Å². The number of rotatable bonds is 0. The second-order valence-corrected chi connectivity index (χ2v) is 3.03. The topological polar surface area (TPSA) is 40.6 Å². The average Bonchev–Trinajstić information content (AvgIpc) is 2.16. The van der Waals surface area contributed by atoms with Crippen molar-refractivity contribution in [3.05, 3.63) is 11.1 Å². The summed E-state index contributed by atoms with van der Waals surface area (Å²) in [6.45, 7) is 3.52. The number of allylic oxidation sites excluding steroid dienone is 1. The second-order valence-electron chi connectivity index (χ2n) is 3.03. The van der Waals surface area contributed by atoms with Crippen molar-refractivity contribution in [3.63, 3.8) is 0 Å². The highest BCUT2D eigenvalue weighted by Crippen LogP contribution is 2.18. The fourth-order valence-corrected chi connectivity index (χ4v) is 1.12. The molecule has 1 fully saturated rings. The van der Waals surface area contributed by atoms with Crippen LogP contribution in [0.5, 0.6) is 0 Å². The molecule has 1 rings (SSSR count). The first-order valence-corrected chi connectivity index (χ1v) is 3.70. The van der Waals surface area contributed by atoms with Crippen molar-refractivity contribution in [3.8, 4) is 0 Å². The maximum atomic E-state index is 11.4. The van der Waals surface area contributed by atoms with Crippen LogP contribution in [0.15, 0.2) is 11.1 Å². The van der Waals surface area contributed by atoms with Crippen molar-refractivity contribution in [2.45, 2.75) is 13.8 Å². The lowest BCUT2D eigenvalue weighted by Gasteiger charge is -2.16. The van der Waals surface area contributed by atoms with E-state index in [2.05, 4.69) is 0 Å². The number of nitrogens with zero attached hydrogens (tertiary/aromatic N) is 2. The molecule has 0 atom stereocenters. The molecule has 1 heterocycles. The monoisotopic (exact) mass is 168 g/mol. The lowest BCUT2D eigenvalue weighted by atomic mass is 10.1. The largest absolute Gasteiger partial charge is 0.277 e. The fourth-order valence-electron chi connectivity index (χ4n) is 1.12. The van der Waals surface area contributed by atoms with Crippen LogP contribution >= 0.6 is 0 Å². The molecule has 1 aliphatic heterocycles. The van der Waals surface area contributed by atoms with Gasteiger partial charge in [-0.1, -0.05) is 5.57 Å². The summed E-state index contributed by atoms with van der Waals surface area (Å²) in [4.78, 5) is 22.7. The molecule has 0 aromatic carbocycles. The summed E-state index contributed by atoms with van der Waals surface area (Å²) < 4.78 is 0. The van der Waals surface area contributed by atoms with E-state index in [1.54, 1.807) is 27.9 Å². The SMILES string of the molecule is CC(C)=C1C(=O)N(C)N(C)C1=O. The van der Waals surface area contributed by atoms with E-state index in [-0.39, 0.29) is 11.8 Å². The molecule has 0 unspecified atom stereocenters. The molecule has 1 saturated heterocycles. The molecule has 4 nitrogen and oxygen atoms in total. The maximum absolute atomic E-state index is 11.4. The van der Waals surface area contributed by atoms with Gasteiger partial charge in [-0.15, -0.1) is 0 Å². The van der Waals surface area contributed by atoms with Gasteiger partial charge in [0.2, 0.25) is 0 Å². The summed E-state index contributed by atoms with van der Waals surface area (Å²) in [5.41, 5.74) is 1.06. The van der Waals surface area contributed by atoms with E-state index >= 15 is 0 Å². The minimum atomic E-state index is -0.220. The average molecular weight is 168 g/mol. The first kappa shape index (κ1) is 8.77. The van der Waals surface area contributed by atoms with Gasteiger partial charge in [-0.3, -0.25) is 19.6 Å². The zero-order valence-corrected chi connectivity index (χ0v) is 7.71. The third-order valence-corrected chi connectivity index (χ3v) is 1.97. The van der Waals surface area contributed by atoms with Crippen molar-refractivity contribution in [2.24, 2.45) is 0 Å². The Labute approximate surface area is 71.4 Å². The van der Waals surface area contributed by atoms with Crippen LogP contribution in [0.25, 0.3) is 0 Å². The molecule has 1 aliphatic rings. The number of carbonyl (C=O) groups excluding carboxylic acids is 2. The summed E-state index contributed by atoms with van der Waals surface area (Å²) in [6.07, 6.45) is 0. The number of hydrogen-bond acceptors (Lipinski definition) is 2. The highest BCUT2D eigenvalue weighted by atomic mass is 16.2. The first-order valence-electron chi connectivity index (χ1n) is 3.70. The number of amides is 2. The first-order chi connectivity index (χ1) is 5.46. The Hall–Kier alpha value is -1.32. The van der Waals surface area contributed by atoms with Crippen LogP contribution in [0.2, 0.25) is 0 Å². The van der Waals surface area contributed by atoms with E-state index in [4.69, 9.17) is 0 Å². The van der Waals surface area contributed by atoms with Crippen molar-refractivity contribution in [1.29, 1.82) is 0 Å². The molecule has 0 aromatic heterocycles. The Morgan fingerprint density at radius 1 is 1.00 bits per heavy atom. The summed E-state index contributed by atoms with van der Waals surface area (Å²) in [5, 5.41) is 2.62. The molecule has 0 saturated carbocycles. The van der Waals surface area contributed by atoms with Gasteiger partial charge in [0.15, 0.2) is 0 Å². The smallest absolute Gasteiger partial charge is 0.267 e. The zero-order valence-electron chi connectivity index (χ0n) is 7.71. The highest BCUT2D eigenvalue weighted by molar-refractivity contribution is 6.22. The van der Waals surface area contributed by atoms with Gasteiger partial charge in [-0.2, -0.15) is 0 Å². The van der Waals surface area contributed by atoms with Crippen LogP contribution in [0, 0.1) is 0 Å². The van der Waals surface area contributed by atoms with Gasteiger partial charge in [0.1, 0.15) is 5.57 Å². The molecule has 12 heavy (non-hydrogen) atoms. The van der Waals surface area contributed by atoms with E-state index in [0.29, 0.717) is 5.57 Å². The normalized spacial score (nSPS) is 17.8. The minimum Gasteiger partial charge on any atom is -0.267 e. The van der Waals surface area contributed by atoms with E-state index in [9.17, 15) is 9.59 Å². The van der Waals surface area contributed by atoms with Crippen LogP contribution in [0.4, 0.5) is 0 Å². The molecule has 0 N–H and O–H groups in total. The van der Waals surface area contributed by atoms with Gasteiger partial charge in [-0.25, -0.2) is 0 Å². The summed E-state index contributed by atoms with van der Waals surface area (Å²) >= 11 is 0. The molecule has 0 spiro atoms. The van der Waals surface area contributed by atoms with Gasteiger partial charge in [0.05, 0.1) is 0 Å². The Kier molecular flexibility index (Phi) is 1.92. The Morgan fingerprint density at radius 2 is 1.33 bits per heavy atom. The fraction of sp³-hybridized carbons (Fsp3) is 0.500. The quantitative estimate of drug-likeness (QED) is 0.382. The molecule has 2 amide bonds. The number of hydrazine groups is 1. The Balaban J connectivity index is 3.17. The zero-order chi connectivity index (χ0) is 9.46. The summed E-state index contributed by atoms with van der Waals surface area (Å²) in [7, 11) is 3.16. The Morgan fingerprint density at radius 3 is 1.50 bits per heavy atom. The highest BCUT2D eigenvalue weighted by Gasteiger charge is 2.36. The van der Waals surface area contributed by atoms with Crippen LogP contribution in [0.1, 0.15) is 13.8 Å². The number of hydrogen-bond donors (Lipinski definition) is 0. The molecule has 0 bridgehead atoms. The van der Waals surface area contributed by atoms with Gasteiger partial charge in [0.25, 0.3) is 11.8 Å². The van der Waals surface area contributed by atoms with Crippen LogP contribution < -0.4 is 0 Å². The maximum Gasteiger partial charge on any atom is 0.277 e. The third-order valence-electron chi connectivity index (χ3n) is 1.97. The predicted molar refractivity (Wildman–Crippen MR) is 43.9 cm³/mol. The number of carbonyl (C=O) groups is 2. The molecule has 0 radical (unpaired) electrons. The van der Waals surface area contributed by atoms with Crippen LogP contribution in [0.3, 0.4) is 0 Å². The lowest BCUT2D eigenvalue weighted by molar-refractivity contribution is -0.141. The van der Waals surface area contributed by atoms with E-state index in [1.807, 2.05) is 0 Å². The standard InChI is InChI=1S/C8H12N2O2/c1-5(2)6-7(11)9(3)10(4)8(6)12/h1-4H3. The van der Waals surface area contributed by atoms with Gasteiger partial charge in [-0.05, 0) is 13.8 Å². The van der Waals surface area contributed by atoms with E-state index < -0.39 is 0 Å². The van der Waals surface area contributed by atoms with Gasteiger partial charge < -0.3 is 0 Å². The summed E-state index contributed by atoms with van der Waals surface area (Å²) in [5.74, 6) is -0.440. The van der Waals surface area contributed by atoms with E-state index in [1.165, 1.54) is 10.0 Å². The second kappa shape index (κ2) is 2.62. The lowest BCUT2D eigenvalue weighted by Crippen LogP contribution is -2.33. The molecular formula is C8H12N2O2. The molecule has 4 heteroatoms. The predicted octanol–water partition coefficient (Wildman–Crippen LogP) is 0.168. The Bertz CT molecular complexity index is 255. The molecule has 66 valence electrons. The molecule has 0 aliphatic carbocycles. The third kappa shape index (κ3) is 0.995. The minimum absolute atomic E-state index is 0.220. The van der Waals surface area contributed by atoms with Gasteiger partial charge in [0, 0.05) is 14.1 Å². The molecule has 0 aromatic rings. The van der Waals surface area contributed by atoms with Gasteiger partial charge >= 0.3 is 0 Å². The number of likely N-dealkylation sites (N-methyl/N-ethyl adjacent to an activating group) is 2. The summed E-state index contributed by atoms with van der Waals surface area (Å²) in [6, 6.07) is 0. The molecular weight excluding hydrogens is 156 g/mol. The van der Waals surface area contributed by atoms with Crippen molar-refractivity contribution in [2.75, 3.05) is 14.1 Å². The van der Waals surface area contributed by atoms with E-state index in [0.717, 1.165) is 5.57 Å². The van der Waals surface area contributed by atoms with Crippen molar-refractivity contribution in [1.82, 2.24) is 10.0 Å².